The average molecular weight is 285 g/mol. The lowest BCUT2D eigenvalue weighted by atomic mass is 10.1. The first-order valence-corrected chi connectivity index (χ1v) is 6.30. The van der Waals surface area contributed by atoms with Crippen LogP contribution in [0.3, 0.4) is 0 Å². The van der Waals surface area contributed by atoms with Gasteiger partial charge in [0.2, 0.25) is 5.91 Å². The molecule has 0 saturated carbocycles. The summed E-state index contributed by atoms with van der Waals surface area (Å²) in [6, 6.07) is 13.5. The Hall–Kier alpha value is -2.82. The first kappa shape index (κ1) is 14.6. The summed E-state index contributed by atoms with van der Waals surface area (Å²) in [5.41, 5.74) is 7.01. The van der Waals surface area contributed by atoms with Crippen molar-refractivity contribution in [3.05, 3.63) is 65.2 Å². The Morgan fingerprint density at radius 3 is 2.05 bits per heavy atom. The topological polar surface area (TPSA) is 78.6 Å². The predicted octanol–water partition coefficient (Wildman–Crippen LogP) is 2.15. The molecule has 0 unspecified atom stereocenters. The minimum Gasteiger partial charge on any atom is -0.489 e. The van der Waals surface area contributed by atoms with Gasteiger partial charge in [-0.1, -0.05) is 12.1 Å². The molecule has 0 aliphatic heterocycles. The van der Waals surface area contributed by atoms with E-state index >= 15 is 0 Å². The molecule has 5 heteroatoms. The predicted molar refractivity (Wildman–Crippen MR) is 77.1 cm³/mol. The maximum Gasteiger partial charge on any atom is 0.337 e. The van der Waals surface area contributed by atoms with Crippen LogP contribution in [0.25, 0.3) is 0 Å². The fourth-order valence-electron chi connectivity index (χ4n) is 1.74. The van der Waals surface area contributed by atoms with Gasteiger partial charge in [-0.15, -0.1) is 0 Å². The highest BCUT2D eigenvalue weighted by molar-refractivity contribution is 5.92. The number of methoxy groups -OCH3 is 1. The molecule has 0 aromatic heterocycles. The second kappa shape index (κ2) is 6.56. The van der Waals surface area contributed by atoms with Gasteiger partial charge in [0.05, 0.1) is 12.7 Å². The normalized spacial score (nSPS) is 9.95. The molecule has 0 spiro atoms. The van der Waals surface area contributed by atoms with E-state index in [1.54, 1.807) is 48.5 Å². The van der Waals surface area contributed by atoms with E-state index in [-0.39, 0.29) is 5.97 Å². The van der Waals surface area contributed by atoms with Crippen molar-refractivity contribution in [3.63, 3.8) is 0 Å². The van der Waals surface area contributed by atoms with Gasteiger partial charge in [0.15, 0.2) is 0 Å². The van der Waals surface area contributed by atoms with Gasteiger partial charge >= 0.3 is 5.97 Å². The minimum absolute atomic E-state index is 0.358. The number of nitrogens with two attached hydrogens (primary N) is 1. The maximum atomic E-state index is 11.3. The second-order valence-corrected chi connectivity index (χ2v) is 4.37. The smallest absolute Gasteiger partial charge is 0.337 e. The van der Waals surface area contributed by atoms with E-state index in [0.29, 0.717) is 23.5 Å². The molecule has 0 aliphatic carbocycles. The van der Waals surface area contributed by atoms with Crippen LogP contribution in [0, 0.1) is 0 Å². The Labute approximate surface area is 122 Å². The zero-order valence-electron chi connectivity index (χ0n) is 11.5. The highest BCUT2D eigenvalue weighted by atomic mass is 16.5. The molecule has 1 amide bonds. The summed E-state index contributed by atoms with van der Waals surface area (Å²) < 4.78 is 10.2. The van der Waals surface area contributed by atoms with Gasteiger partial charge in [-0.25, -0.2) is 4.79 Å². The number of primary amides is 1. The van der Waals surface area contributed by atoms with E-state index in [1.165, 1.54) is 7.11 Å². The number of hydrogen-bond donors (Lipinski definition) is 1. The lowest BCUT2D eigenvalue weighted by Crippen LogP contribution is -2.10. The summed E-state index contributed by atoms with van der Waals surface area (Å²) in [4.78, 5) is 22.2. The fraction of sp³-hybridized carbons (Fsp3) is 0.125. The maximum absolute atomic E-state index is 11.3. The van der Waals surface area contributed by atoms with Gasteiger partial charge in [-0.2, -0.15) is 0 Å². The second-order valence-electron chi connectivity index (χ2n) is 4.37. The third-order valence-electron chi connectivity index (χ3n) is 2.92. The van der Waals surface area contributed by atoms with Crippen molar-refractivity contribution in [2.75, 3.05) is 7.11 Å². The lowest BCUT2D eigenvalue weighted by Gasteiger charge is -2.07. The van der Waals surface area contributed by atoms with E-state index in [4.69, 9.17) is 10.5 Å². The highest BCUT2D eigenvalue weighted by Gasteiger charge is 2.05. The van der Waals surface area contributed by atoms with Crippen LogP contribution in [-0.2, 0) is 11.3 Å². The molecule has 0 fully saturated rings. The van der Waals surface area contributed by atoms with Crippen LogP contribution in [0.15, 0.2) is 48.5 Å². The molecule has 0 saturated heterocycles. The summed E-state index contributed by atoms with van der Waals surface area (Å²) in [6.07, 6.45) is 0. The first-order chi connectivity index (χ1) is 10.1. The Balaban J connectivity index is 1.96. The van der Waals surface area contributed by atoms with Crippen molar-refractivity contribution in [2.45, 2.75) is 6.61 Å². The first-order valence-electron chi connectivity index (χ1n) is 6.30. The molecule has 0 aliphatic rings. The molecule has 2 aromatic carbocycles. The molecule has 2 aromatic rings. The summed E-state index contributed by atoms with van der Waals surface area (Å²) in [7, 11) is 1.34. The number of benzene rings is 2. The van der Waals surface area contributed by atoms with Crippen molar-refractivity contribution >= 4 is 11.9 Å². The van der Waals surface area contributed by atoms with Crippen LogP contribution in [0.1, 0.15) is 26.3 Å². The SMILES string of the molecule is COC(=O)c1ccc(OCc2ccc(C(N)=O)cc2)cc1. The van der Waals surface area contributed by atoms with Gasteiger partial charge in [-0.3, -0.25) is 4.79 Å². The van der Waals surface area contributed by atoms with Crippen molar-refractivity contribution in [1.82, 2.24) is 0 Å². The molecular formula is C16H15NO4. The summed E-state index contributed by atoms with van der Waals surface area (Å²) in [6.45, 7) is 0.358. The van der Waals surface area contributed by atoms with E-state index in [9.17, 15) is 9.59 Å². The number of amides is 1. The van der Waals surface area contributed by atoms with E-state index in [0.717, 1.165) is 5.56 Å². The molecule has 0 bridgehead atoms. The summed E-state index contributed by atoms with van der Waals surface area (Å²) >= 11 is 0. The summed E-state index contributed by atoms with van der Waals surface area (Å²) in [5, 5.41) is 0. The highest BCUT2D eigenvalue weighted by Crippen LogP contribution is 2.15. The third kappa shape index (κ3) is 3.82. The largest absolute Gasteiger partial charge is 0.489 e. The van der Waals surface area contributed by atoms with Gasteiger partial charge in [0.25, 0.3) is 0 Å². The average Bonchev–Trinajstić information content (AvgIpc) is 2.53. The van der Waals surface area contributed by atoms with Gasteiger partial charge < -0.3 is 15.2 Å². The molecule has 5 nitrogen and oxygen atoms in total. The quantitative estimate of drug-likeness (QED) is 0.854. The third-order valence-corrected chi connectivity index (χ3v) is 2.92. The standard InChI is InChI=1S/C16H15NO4/c1-20-16(19)13-6-8-14(9-7-13)21-10-11-2-4-12(5-3-11)15(17)18/h2-9H,10H2,1H3,(H2,17,18). The minimum atomic E-state index is -0.458. The molecule has 2 rings (SSSR count). The number of ether oxygens (including phenoxy) is 2. The van der Waals surface area contributed by atoms with Crippen molar-refractivity contribution in [2.24, 2.45) is 5.73 Å². The fourth-order valence-corrected chi connectivity index (χ4v) is 1.74. The Bertz CT molecular complexity index is 632. The van der Waals surface area contributed by atoms with Gasteiger partial charge in [-0.05, 0) is 42.0 Å². The van der Waals surface area contributed by atoms with Crippen molar-refractivity contribution in [3.8, 4) is 5.75 Å². The van der Waals surface area contributed by atoms with Gasteiger partial charge in [0.1, 0.15) is 12.4 Å². The van der Waals surface area contributed by atoms with Crippen LogP contribution in [0.4, 0.5) is 0 Å². The van der Waals surface area contributed by atoms with Crippen molar-refractivity contribution in [1.29, 1.82) is 0 Å². The number of hydrogen-bond acceptors (Lipinski definition) is 4. The number of rotatable bonds is 5. The van der Waals surface area contributed by atoms with Crippen LogP contribution in [0.5, 0.6) is 5.75 Å². The molecule has 21 heavy (non-hydrogen) atoms. The van der Waals surface area contributed by atoms with E-state index in [1.807, 2.05) is 0 Å². The zero-order chi connectivity index (χ0) is 15.2. The number of carbonyl (C=O) groups is 2. The molecule has 2 N–H and O–H groups in total. The molecule has 0 atom stereocenters. The summed E-state index contributed by atoms with van der Waals surface area (Å²) in [5.74, 6) is -0.203. The van der Waals surface area contributed by atoms with Crippen LogP contribution < -0.4 is 10.5 Å². The zero-order valence-corrected chi connectivity index (χ0v) is 11.5. The number of esters is 1. The van der Waals surface area contributed by atoms with Crippen LogP contribution >= 0.6 is 0 Å². The lowest BCUT2D eigenvalue weighted by molar-refractivity contribution is 0.0600. The molecule has 0 heterocycles. The molecule has 0 radical (unpaired) electrons. The van der Waals surface area contributed by atoms with Crippen molar-refractivity contribution < 1.29 is 19.1 Å². The molecular weight excluding hydrogens is 270 g/mol. The van der Waals surface area contributed by atoms with Crippen LogP contribution in [0.2, 0.25) is 0 Å². The van der Waals surface area contributed by atoms with E-state index in [2.05, 4.69) is 4.74 Å². The van der Waals surface area contributed by atoms with E-state index < -0.39 is 5.91 Å². The van der Waals surface area contributed by atoms with Gasteiger partial charge in [0, 0.05) is 5.56 Å². The molecule has 108 valence electrons. The Morgan fingerprint density at radius 2 is 1.52 bits per heavy atom. The van der Waals surface area contributed by atoms with Crippen LogP contribution in [-0.4, -0.2) is 19.0 Å². The monoisotopic (exact) mass is 285 g/mol. The Morgan fingerprint density at radius 1 is 0.952 bits per heavy atom. The number of carbonyl (C=O) groups excluding carboxylic acids is 2. The Kier molecular flexibility index (Phi) is 4.56.